The summed E-state index contributed by atoms with van der Waals surface area (Å²) in [4.78, 5) is 37.9. The number of carbonyl (C=O) groups is 2. The fourth-order valence-electron chi connectivity index (χ4n) is 4.21. The number of nitrogens with zero attached hydrogens (tertiary/aromatic N) is 1. The van der Waals surface area contributed by atoms with E-state index in [0.29, 0.717) is 30.0 Å². The van der Waals surface area contributed by atoms with Crippen LogP contribution in [0.25, 0.3) is 0 Å². The maximum absolute atomic E-state index is 11.9. The molecule has 0 spiro atoms. The van der Waals surface area contributed by atoms with Gasteiger partial charge in [0.1, 0.15) is 37.7 Å². The zero-order valence-electron chi connectivity index (χ0n) is 22.3. The number of hydrogen-bond donors (Lipinski definition) is 4. The largest absolute Gasteiger partial charge is 0.491 e. The standard InChI is InChI=1S/C27H37ClN2O10/c1-18(40-30(36)37)16-39-27(35)15-29-26(34)10-5-3-2-4-9-22-23(25(33)14-24(22)32)12-11-20(31)17-38-21-8-6-7-19(28)13-21/h2,4,6-8,11-13,18,20,22-25,31-33H,3,5,9-10,14-17H2,1H3,(H,29,34)/t18?,20-,22-,23-,24+,25-/m1/s1. The molecule has 1 saturated carbocycles. The molecule has 1 unspecified atom stereocenters. The molecule has 13 heteroatoms. The Balaban J connectivity index is 1.66. The van der Waals surface area contributed by atoms with Gasteiger partial charge in [-0.15, -0.1) is 10.1 Å². The van der Waals surface area contributed by atoms with E-state index in [0.717, 1.165) is 0 Å². The second kappa shape index (κ2) is 17.5. The average molecular weight is 585 g/mol. The van der Waals surface area contributed by atoms with Crippen molar-refractivity contribution >= 4 is 23.5 Å². The number of ether oxygens (including phenoxy) is 2. The van der Waals surface area contributed by atoms with Gasteiger partial charge in [0.05, 0.1) is 12.2 Å². The molecule has 222 valence electrons. The minimum Gasteiger partial charge on any atom is -0.491 e. The maximum atomic E-state index is 11.9. The number of rotatable bonds is 17. The summed E-state index contributed by atoms with van der Waals surface area (Å²) >= 11 is 5.92. The predicted molar refractivity (Wildman–Crippen MR) is 145 cm³/mol. The number of halogens is 1. The predicted octanol–water partition coefficient (Wildman–Crippen LogP) is 2.37. The minimum absolute atomic E-state index is 0.0135. The molecule has 0 aromatic heterocycles. The molecule has 40 heavy (non-hydrogen) atoms. The van der Waals surface area contributed by atoms with Gasteiger partial charge in [0, 0.05) is 23.8 Å². The number of nitrogens with one attached hydrogen (secondary N) is 1. The first-order valence-electron chi connectivity index (χ1n) is 13.0. The fourth-order valence-corrected chi connectivity index (χ4v) is 4.39. The summed E-state index contributed by atoms with van der Waals surface area (Å²) in [6.45, 7) is 0.737. The fraction of sp³-hybridized carbons (Fsp3) is 0.556. The monoisotopic (exact) mass is 584 g/mol. The number of carbonyl (C=O) groups excluding carboxylic acids is 2. The van der Waals surface area contributed by atoms with Crippen LogP contribution in [0.1, 0.15) is 39.0 Å². The SMILES string of the molecule is CC(COC(=O)CNC(=O)CCCC=CC[C@@H]1[C@@H](C=C[C@@H](O)COc2cccc(Cl)c2)[C@H](O)C[C@@H]1O)O[N+](=O)[O-]. The van der Waals surface area contributed by atoms with Crippen LogP contribution in [0.4, 0.5) is 0 Å². The summed E-state index contributed by atoms with van der Waals surface area (Å²) in [6, 6.07) is 6.83. The third kappa shape index (κ3) is 12.8. The van der Waals surface area contributed by atoms with Crippen LogP contribution < -0.4 is 10.1 Å². The zero-order chi connectivity index (χ0) is 29.5. The van der Waals surface area contributed by atoms with Crippen LogP contribution in [0.2, 0.25) is 5.02 Å². The van der Waals surface area contributed by atoms with Gasteiger partial charge in [0.15, 0.2) is 0 Å². The summed E-state index contributed by atoms with van der Waals surface area (Å²) in [6.07, 6.45) is 5.90. The number of amides is 1. The molecular formula is C27H37ClN2O10. The molecule has 1 aromatic carbocycles. The summed E-state index contributed by atoms with van der Waals surface area (Å²) < 4.78 is 10.3. The number of aliphatic hydroxyl groups excluding tert-OH is 3. The third-order valence-electron chi connectivity index (χ3n) is 6.21. The van der Waals surface area contributed by atoms with Gasteiger partial charge in [0.2, 0.25) is 5.91 Å². The van der Waals surface area contributed by atoms with Gasteiger partial charge in [-0.1, -0.05) is 42.0 Å². The van der Waals surface area contributed by atoms with Gasteiger partial charge >= 0.3 is 5.97 Å². The highest BCUT2D eigenvalue weighted by Gasteiger charge is 2.39. The molecule has 1 aromatic rings. The van der Waals surface area contributed by atoms with E-state index < -0.39 is 35.5 Å². The minimum atomic E-state index is -0.975. The number of unbranched alkanes of at least 4 members (excludes halogenated alkanes) is 1. The van der Waals surface area contributed by atoms with E-state index in [9.17, 15) is 35.0 Å². The second-order valence-corrected chi connectivity index (χ2v) is 9.97. The van der Waals surface area contributed by atoms with Gasteiger partial charge in [-0.2, -0.15) is 0 Å². The van der Waals surface area contributed by atoms with E-state index in [1.54, 1.807) is 36.4 Å². The zero-order valence-corrected chi connectivity index (χ0v) is 23.0. The third-order valence-corrected chi connectivity index (χ3v) is 6.45. The van der Waals surface area contributed by atoms with Gasteiger partial charge in [-0.05, 0) is 50.3 Å². The van der Waals surface area contributed by atoms with Gasteiger partial charge in [0.25, 0.3) is 5.09 Å². The van der Waals surface area contributed by atoms with Crippen molar-refractivity contribution < 1.29 is 44.3 Å². The van der Waals surface area contributed by atoms with Crippen LogP contribution in [-0.2, 0) is 19.2 Å². The molecule has 0 aliphatic heterocycles. The smallest absolute Gasteiger partial charge is 0.325 e. The van der Waals surface area contributed by atoms with E-state index in [-0.39, 0.29) is 50.3 Å². The van der Waals surface area contributed by atoms with Crippen LogP contribution in [0.15, 0.2) is 48.6 Å². The molecule has 0 saturated heterocycles. The highest BCUT2D eigenvalue weighted by Crippen LogP contribution is 2.36. The Bertz CT molecular complexity index is 1020. The molecule has 1 aliphatic carbocycles. The van der Waals surface area contributed by atoms with Crippen LogP contribution >= 0.6 is 11.6 Å². The highest BCUT2D eigenvalue weighted by molar-refractivity contribution is 6.30. The highest BCUT2D eigenvalue weighted by atomic mass is 35.5. The van der Waals surface area contributed by atoms with Crippen LogP contribution in [0.5, 0.6) is 5.75 Å². The van der Waals surface area contributed by atoms with Crippen molar-refractivity contribution in [2.75, 3.05) is 19.8 Å². The van der Waals surface area contributed by atoms with Crippen molar-refractivity contribution in [3.63, 3.8) is 0 Å². The Morgan fingerprint density at radius 2 is 2.02 bits per heavy atom. The van der Waals surface area contributed by atoms with Gasteiger partial charge < -0.3 is 34.9 Å². The van der Waals surface area contributed by atoms with Crippen molar-refractivity contribution in [3.8, 4) is 5.75 Å². The summed E-state index contributed by atoms with van der Waals surface area (Å²) in [5.41, 5.74) is 0. The summed E-state index contributed by atoms with van der Waals surface area (Å²) in [5.74, 6) is -1.09. The lowest BCUT2D eigenvalue weighted by atomic mass is 9.89. The van der Waals surface area contributed by atoms with Crippen LogP contribution in [-0.4, -0.2) is 76.5 Å². The number of hydrogen-bond acceptors (Lipinski definition) is 10. The molecule has 12 nitrogen and oxygen atoms in total. The van der Waals surface area contributed by atoms with Crippen molar-refractivity contribution in [2.45, 2.75) is 63.4 Å². The topological polar surface area (TPSA) is 178 Å². The summed E-state index contributed by atoms with van der Waals surface area (Å²) in [5, 5.41) is 43.2. The van der Waals surface area contributed by atoms with Crippen LogP contribution in [0, 0.1) is 22.0 Å². The van der Waals surface area contributed by atoms with Crippen molar-refractivity contribution in [3.05, 3.63) is 63.7 Å². The van der Waals surface area contributed by atoms with Crippen molar-refractivity contribution in [2.24, 2.45) is 11.8 Å². The Morgan fingerprint density at radius 3 is 2.75 bits per heavy atom. The van der Waals surface area contributed by atoms with Gasteiger partial charge in [-0.25, -0.2) is 0 Å². The second-order valence-electron chi connectivity index (χ2n) is 9.53. The Hall–Kier alpha value is -3.19. The molecule has 1 aliphatic rings. The Morgan fingerprint density at radius 1 is 1.25 bits per heavy atom. The van der Waals surface area contributed by atoms with E-state index >= 15 is 0 Å². The molecule has 0 radical (unpaired) electrons. The molecule has 0 heterocycles. The van der Waals surface area contributed by atoms with Gasteiger partial charge in [-0.3, -0.25) is 9.59 Å². The lowest BCUT2D eigenvalue weighted by Crippen LogP contribution is -2.32. The Labute approximate surface area is 237 Å². The first-order chi connectivity index (χ1) is 19.0. The number of allylic oxidation sites excluding steroid dienone is 2. The quantitative estimate of drug-likeness (QED) is 0.0698. The van der Waals surface area contributed by atoms with Crippen molar-refractivity contribution in [1.29, 1.82) is 0 Å². The molecule has 6 atom stereocenters. The average Bonchev–Trinajstić information content (AvgIpc) is 3.16. The molecular weight excluding hydrogens is 548 g/mol. The Kier molecular flexibility index (Phi) is 14.4. The normalized spacial score (nSPS) is 22.2. The number of benzene rings is 1. The lowest BCUT2D eigenvalue weighted by Gasteiger charge is -2.19. The number of esters is 1. The van der Waals surface area contributed by atoms with E-state index in [1.165, 1.54) is 6.92 Å². The lowest BCUT2D eigenvalue weighted by molar-refractivity contribution is -0.767. The molecule has 4 N–H and O–H groups in total. The van der Waals surface area contributed by atoms with Crippen molar-refractivity contribution in [1.82, 2.24) is 5.32 Å². The van der Waals surface area contributed by atoms with Crippen LogP contribution in [0.3, 0.4) is 0 Å². The summed E-state index contributed by atoms with van der Waals surface area (Å²) in [7, 11) is 0. The van der Waals surface area contributed by atoms with E-state index in [4.69, 9.17) is 21.1 Å². The first kappa shape index (κ1) is 33.0. The first-order valence-corrected chi connectivity index (χ1v) is 13.4. The molecule has 1 fully saturated rings. The van der Waals surface area contributed by atoms with E-state index in [2.05, 4.69) is 10.2 Å². The van der Waals surface area contributed by atoms with E-state index in [1.807, 2.05) is 12.2 Å². The molecule has 1 amide bonds. The maximum Gasteiger partial charge on any atom is 0.325 e. The molecule has 0 bridgehead atoms. The molecule has 2 rings (SSSR count). The number of aliphatic hydroxyl groups is 3.